The Hall–Kier alpha value is 1.09. The van der Waals surface area contributed by atoms with Gasteiger partial charge in [0.1, 0.15) is 0 Å². The summed E-state index contributed by atoms with van der Waals surface area (Å²) in [6, 6.07) is 0. The van der Waals surface area contributed by atoms with Crippen LogP contribution in [0.3, 0.4) is 0 Å². The summed E-state index contributed by atoms with van der Waals surface area (Å²) < 4.78 is 0. The monoisotopic (exact) mass is 440 g/mol. The van der Waals surface area contributed by atoms with Crippen LogP contribution in [0.25, 0.3) is 0 Å². The number of hydrogen-bond donors (Lipinski definition) is 0. The predicted octanol–water partition coefficient (Wildman–Crippen LogP) is -7.19. The average Bonchev–Trinajstić information content (AvgIpc) is 1.81. The van der Waals surface area contributed by atoms with E-state index in [4.69, 9.17) is 14.4 Å². The van der Waals surface area contributed by atoms with E-state index in [1.54, 1.807) is 0 Å². The molecule has 0 heterocycles. The van der Waals surface area contributed by atoms with Gasteiger partial charge in [-0.05, 0) is 0 Å². The second-order valence-corrected chi connectivity index (χ2v) is 0. The largest absolute Gasteiger partial charge is 2.00 e. The van der Waals surface area contributed by atoms with Crippen molar-refractivity contribution in [1.82, 2.24) is 0 Å². The van der Waals surface area contributed by atoms with E-state index in [2.05, 4.69) is 20.4 Å². The van der Waals surface area contributed by atoms with Crippen LogP contribution in [-0.4, -0.2) is 20.4 Å². The molecule has 0 aliphatic carbocycles. The molecule has 0 spiro atoms. The van der Waals surface area contributed by atoms with Crippen molar-refractivity contribution in [1.29, 1.82) is 0 Å². The second-order valence-electron chi connectivity index (χ2n) is 0. The number of hydrogen-bond acceptors (Lipinski definition) is 3. The van der Waals surface area contributed by atoms with Crippen molar-refractivity contribution >= 4 is 20.4 Å². The van der Waals surface area contributed by atoms with Crippen molar-refractivity contribution in [2.24, 2.45) is 0 Å². The van der Waals surface area contributed by atoms with Crippen LogP contribution in [-0.2, 0) is 33.9 Å². The molecule has 0 aromatic heterocycles. The standard InChI is InChI=1S/3CO.2HI.Ru/c3*1-2;;;/h;;;2*1H;/q;;;;;+2/p-2. The predicted molar refractivity (Wildman–Crippen MR) is 17.1 cm³/mol. The summed E-state index contributed by atoms with van der Waals surface area (Å²) >= 11 is 0. The number of carbonyl (C=O) groups excluding carboxylic acids is 3. The third-order valence-corrected chi connectivity index (χ3v) is 0. The summed E-state index contributed by atoms with van der Waals surface area (Å²) in [6.07, 6.45) is 0. The first-order valence-electron chi connectivity index (χ1n) is 0.612. The van der Waals surface area contributed by atoms with E-state index < -0.39 is 0 Å². The molecular weight excluding hydrogens is 439 g/mol. The molecule has 0 rings (SSSR count). The van der Waals surface area contributed by atoms with Crippen LogP contribution in [0.15, 0.2) is 0 Å². The molecule has 0 aromatic carbocycles. The van der Waals surface area contributed by atoms with Crippen molar-refractivity contribution in [2.75, 3.05) is 0 Å². The molecule has 0 saturated carbocycles. The van der Waals surface area contributed by atoms with Crippen LogP contribution in [0.4, 0.5) is 0 Å². The third kappa shape index (κ3) is 383. The molecule has 6 heteroatoms. The summed E-state index contributed by atoms with van der Waals surface area (Å²) in [5.74, 6) is 0. The molecule has 52 valence electrons. The Morgan fingerprint density at radius 3 is 0.556 bits per heavy atom. The van der Waals surface area contributed by atoms with Crippen molar-refractivity contribution in [2.45, 2.75) is 0 Å². The van der Waals surface area contributed by atoms with Gasteiger partial charge in [0.2, 0.25) is 0 Å². The zero-order chi connectivity index (χ0) is 6.00. The van der Waals surface area contributed by atoms with Gasteiger partial charge in [-0.15, -0.1) is 0 Å². The SMILES string of the molecule is [C]=O.[C]=O.[C]=O.[I-].[I-].[Ru+2]. The van der Waals surface area contributed by atoms with Gasteiger partial charge in [0.25, 0.3) is 20.4 Å². The van der Waals surface area contributed by atoms with Gasteiger partial charge in [-0.3, -0.25) is 14.4 Å². The molecule has 0 bridgehead atoms. The van der Waals surface area contributed by atoms with E-state index in [-0.39, 0.29) is 67.4 Å². The summed E-state index contributed by atoms with van der Waals surface area (Å²) in [5.41, 5.74) is 0. The van der Waals surface area contributed by atoms with Crippen molar-refractivity contribution in [3.05, 3.63) is 0 Å². The van der Waals surface area contributed by atoms with E-state index in [1.807, 2.05) is 0 Å². The van der Waals surface area contributed by atoms with E-state index in [0.29, 0.717) is 0 Å². The summed E-state index contributed by atoms with van der Waals surface area (Å²) in [6.45, 7) is 13.5. The molecule has 9 heavy (non-hydrogen) atoms. The Kier molecular flexibility index (Phi) is 2760. The van der Waals surface area contributed by atoms with Gasteiger partial charge in [-0.2, -0.15) is 0 Å². The van der Waals surface area contributed by atoms with Gasteiger partial charge in [0.15, 0.2) is 0 Å². The van der Waals surface area contributed by atoms with Crippen LogP contribution >= 0.6 is 0 Å². The number of halogens is 2. The second kappa shape index (κ2) is 498. The maximum absolute atomic E-state index is 7.50. The smallest absolute Gasteiger partial charge is 1.00 e. The first-order valence-corrected chi connectivity index (χ1v) is 0.612. The molecular formula is C3I2O3Ru. The molecule has 3 nitrogen and oxygen atoms in total. The summed E-state index contributed by atoms with van der Waals surface area (Å²) in [4.78, 5) is 22.5. The normalized spacial score (nSPS) is 1.33. The Bertz CT molecular complexity index is 21.8. The van der Waals surface area contributed by atoms with Crippen molar-refractivity contribution in [3.63, 3.8) is 0 Å². The first-order chi connectivity index (χ1) is 3.00. The zero-order valence-corrected chi connectivity index (χ0v) is 9.89. The van der Waals surface area contributed by atoms with Gasteiger partial charge >= 0.3 is 19.5 Å². The topological polar surface area (TPSA) is 51.2 Å². The van der Waals surface area contributed by atoms with E-state index in [9.17, 15) is 0 Å². The minimum Gasteiger partial charge on any atom is -1.00 e. The molecule has 0 aliphatic heterocycles. The molecule has 0 N–H and O–H groups in total. The maximum atomic E-state index is 7.50. The molecule has 0 unspecified atom stereocenters. The Balaban J connectivity index is -0.00000000321. The van der Waals surface area contributed by atoms with Crippen LogP contribution < -0.4 is 48.0 Å². The Labute approximate surface area is 101 Å². The van der Waals surface area contributed by atoms with Crippen LogP contribution in [0.5, 0.6) is 0 Å². The quantitative estimate of drug-likeness (QED) is 0.279. The molecule has 0 fully saturated rings. The minimum absolute atomic E-state index is 0. The van der Waals surface area contributed by atoms with Crippen LogP contribution in [0, 0.1) is 0 Å². The third-order valence-electron chi connectivity index (χ3n) is 0. The van der Waals surface area contributed by atoms with Crippen molar-refractivity contribution in [3.8, 4) is 0 Å². The first kappa shape index (κ1) is 49.8. The van der Waals surface area contributed by atoms with Gasteiger partial charge in [0, 0.05) is 0 Å². The fourth-order valence-corrected chi connectivity index (χ4v) is 0. The molecule has 6 radical (unpaired) electrons. The fourth-order valence-electron chi connectivity index (χ4n) is 0. The average molecular weight is 439 g/mol. The van der Waals surface area contributed by atoms with Crippen LogP contribution in [0.1, 0.15) is 0 Å². The van der Waals surface area contributed by atoms with Gasteiger partial charge in [-0.1, -0.05) is 0 Å². The maximum Gasteiger partial charge on any atom is 2.00 e. The molecule has 0 aromatic rings. The van der Waals surface area contributed by atoms with Gasteiger partial charge in [-0.25, -0.2) is 0 Å². The summed E-state index contributed by atoms with van der Waals surface area (Å²) in [7, 11) is 0. The van der Waals surface area contributed by atoms with E-state index in [1.165, 1.54) is 0 Å². The minimum atomic E-state index is 0. The van der Waals surface area contributed by atoms with E-state index in [0.717, 1.165) is 0 Å². The molecule has 0 amide bonds. The van der Waals surface area contributed by atoms with Gasteiger partial charge < -0.3 is 48.0 Å². The Morgan fingerprint density at radius 1 is 0.556 bits per heavy atom. The van der Waals surface area contributed by atoms with Gasteiger partial charge in [0.05, 0.1) is 0 Å². The summed E-state index contributed by atoms with van der Waals surface area (Å²) in [5, 5.41) is 0. The molecule has 0 aliphatic rings. The van der Waals surface area contributed by atoms with E-state index >= 15 is 0 Å². The fraction of sp³-hybridized carbons (Fsp3) is 0. The zero-order valence-electron chi connectivity index (χ0n) is 3.83. The van der Waals surface area contributed by atoms with Crippen molar-refractivity contribution < 1.29 is 81.8 Å². The number of rotatable bonds is 0. The molecule has 0 saturated heterocycles. The van der Waals surface area contributed by atoms with Crippen LogP contribution in [0.2, 0.25) is 0 Å². The Morgan fingerprint density at radius 2 is 0.556 bits per heavy atom. The molecule has 0 atom stereocenters.